The molecule has 38 valence electrons. The summed E-state index contributed by atoms with van der Waals surface area (Å²) >= 11 is 0. The molecular formula is H8AsBO3Si. The molecule has 0 saturated heterocycles. The summed E-state index contributed by atoms with van der Waals surface area (Å²) in [5.41, 5.74) is 0. The molecule has 0 spiro atoms. The molecule has 0 rings (SSSR count). The van der Waals surface area contributed by atoms with Gasteiger partial charge in [-0.1, -0.05) is 0 Å². The van der Waals surface area contributed by atoms with E-state index in [1.165, 1.54) is 0 Å². The van der Waals surface area contributed by atoms with E-state index < -0.39 is 9.17 Å². The molecule has 1 unspecified atom stereocenters. The Balaban J connectivity index is -0.0000000450. The predicted octanol–water partition coefficient (Wildman–Crippen LogP) is -3.98. The van der Waals surface area contributed by atoms with Crippen molar-refractivity contribution in [2.24, 2.45) is 0 Å². The minimum atomic E-state index is -3.13. The third kappa shape index (κ3) is 771. The Kier molecular flexibility index (Phi) is 24.4. The quantitative estimate of drug-likeness (QED) is 0.364. The maximum absolute atomic E-state index is 8.74. The van der Waals surface area contributed by atoms with Crippen molar-refractivity contribution in [1.82, 2.24) is 0 Å². The Labute approximate surface area is 50.2 Å². The standard InChI is InChI=1S/AsH3.BH3.H2O3Si/c;;1-4(2)3/h2*1H3;1-2H. The van der Waals surface area contributed by atoms with Crippen molar-refractivity contribution in [1.29, 1.82) is 0 Å². The SMILES string of the molecule is B.O=[Si](O)O.[AsH3]. The van der Waals surface area contributed by atoms with Gasteiger partial charge in [0.05, 0.1) is 8.41 Å². The van der Waals surface area contributed by atoms with Gasteiger partial charge >= 0.3 is 27.1 Å². The van der Waals surface area contributed by atoms with E-state index in [4.69, 9.17) is 14.1 Å². The molecule has 0 saturated carbocycles. The van der Waals surface area contributed by atoms with Crippen LogP contribution in [0.4, 0.5) is 0 Å². The fourth-order valence-electron chi connectivity index (χ4n) is 0. The van der Waals surface area contributed by atoms with Gasteiger partial charge in [0.25, 0.3) is 0 Å². The molecule has 0 aliphatic carbocycles. The summed E-state index contributed by atoms with van der Waals surface area (Å²) in [7, 11) is -3.13. The molecule has 0 bridgehead atoms. The molecule has 0 radical (unpaired) electrons. The van der Waals surface area contributed by atoms with Crippen molar-refractivity contribution in [3.8, 4) is 0 Å². The van der Waals surface area contributed by atoms with Crippen LogP contribution in [0.3, 0.4) is 0 Å². The monoisotopic (exact) mass is 170 g/mol. The molecule has 2 N–H and O–H groups in total. The normalized spacial score (nSPS) is 4.00. The Morgan fingerprint density at radius 1 is 1.33 bits per heavy atom. The van der Waals surface area contributed by atoms with Gasteiger partial charge < -0.3 is 9.59 Å². The van der Waals surface area contributed by atoms with Crippen LogP contribution in [0, 0.1) is 0 Å². The van der Waals surface area contributed by atoms with Crippen LogP contribution in [0.5, 0.6) is 0 Å². The van der Waals surface area contributed by atoms with E-state index in [2.05, 4.69) is 0 Å². The molecule has 6 heteroatoms. The minimum absolute atomic E-state index is 0. The van der Waals surface area contributed by atoms with Gasteiger partial charge in [0.15, 0.2) is 0 Å². The summed E-state index contributed by atoms with van der Waals surface area (Å²) in [6, 6.07) is 0. The van der Waals surface area contributed by atoms with Crippen LogP contribution in [0.25, 0.3) is 0 Å². The van der Waals surface area contributed by atoms with Crippen LogP contribution < -0.4 is 0 Å². The predicted molar refractivity (Wildman–Crippen MR) is 30.8 cm³/mol. The molecule has 0 aliphatic rings. The molecule has 0 aromatic heterocycles. The van der Waals surface area contributed by atoms with Crippen molar-refractivity contribution in [3.05, 3.63) is 0 Å². The first-order valence-electron chi connectivity index (χ1n) is 0.651. The summed E-state index contributed by atoms with van der Waals surface area (Å²) in [6.07, 6.45) is 0. The summed E-state index contributed by atoms with van der Waals surface area (Å²) in [4.78, 5) is 14.3. The summed E-state index contributed by atoms with van der Waals surface area (Å²) in [6.45, 7) is 0. The third-order valence-electron chi connectivity index (χ3n) is 0. The van der Waals surface area contributed by atoms with E-state index in [1.54, 1.807) is 0 Å². The molecule has 6 heavy (non-hydrogen) atoms. The summed E-state index contributed by atoms with van der Waals surface area (Å²) in [5, 5.41) is 0. The van der Waals surface area contributed by atoms with Crippen LogP contribution in [0.2, 0.25) is 0 Å². The molecule has 3 nitrogen and oxygen atoms in total. The van der Waals surface area contributed by atoms with E-state index in [1.807, 2.05) is 0 Å². The zero-order valence-electron chi connectivity index (χ0n) is 2.51. The number of hydrogen-bond donors (Lipinski definition) is 2. The molecule has 0 aromatic carbocycles. The van der Waals surface area contributed by atoms with Gasteiger partial charge in [-0.2, -0.15) is 0 Å². The van der Waals surface area contributed by atoms with E-state index in [0.29, 0.717) is 0 Å². The Bertz CT molecular complexity index is 33.8. The van der Waals surface area contributed by atoms with E-state index in [-0.39, 0.29) is 26.4 Å². The third-order valence-corrected chi connectivity index (χ3v) is 0. The summed E-state index contributed by atoms with van der Waals surface area (Å²) < 4.78 is 8.74. The second-order valence-corrected chi connectivity index (χ2v) is 0.848. The molecule has 1 atom stereocenters. The second-order valence-electron chi connectivity index (χ2n) is 0.283. The van der Waals surface area contributed by atoms with Crippen LogP contribution in [-0.2, 0) is 4.46 Å². The number of hydrogen-bond acceptors (Lipinski definition) is 1. The Hall–Kier alpha value is 0.240. The van der Waals surface area contributed by atoms with Gasteiger partial charge in [-0.05, 0) is 0 Å². The Morgan fingerprint density at radius 3 is 1.33 bits per heavy atom. The zero-order chi connectivity index (χ0) is 3.58. The van der Waals surface area contributed by atoms with Crippen molar-refractivity contribution in [3.63, 3.8) is 0 Å². The van der Waals surface area contributed by atoms with Crippen LogP contribution in [0.1, 0.15) is 0 Å². The van der Waals surface area contributed by atoms with Crippen LogP contribution in [0.15, 0.2) is 0 Å². The van der Waals surface area contributed by atoms with Gasteiger partial charge in [-0.15, -0.1) is 0 Å². The zero-order valence-corrected chi connectivity index (χ0v) is 6.48. The summed E-state index contributed by atoms with van der Waals surface area (Å²) in [5.74, 6) is 0. The van der Waals surface area contributed by atoms with Gasteiger partial charge in [0.2, 0.25) is 0 Å². The topological polar surface area (TPSA) is 57.5 Å². The maximum atomic E-state index is 8.74. The first-order valence-corrected chi connectivity index (χ1v) is 1.95. The molecule has 0 heterocycles. The molecule has 0 amide bonds. The van der Waals surface area contributed by atoms with Crippen molar-refractivity contribution < 1.29 is 14.1 Å². The molecule has 0 fully saturated rings. The fourth-order valence-corrected chi connectivity index (χ4v) is 0. The fraction of sp³-hybridized carbons (Fsp3) is 0. The van der Waals surface area contributed by atoms with Crippen molar-refractivity contribution in [2.75, 3.05) is 0 Å². The van der Waals surface area contributed by atoms with Gasteiger partial charge in [-0.25, -0.2) is 0 Å². The first-order chi connectivity index (χ1) is 1.73. The Morgan fingerprint density at radius 2 is 1.33 bits per heavy atom. The first kappa shape index (κ1) is 16.3. The van der Waals surface area contributed by atoms with E-state index in [9.17, 15) is 0 Å². The van der Waals surface area contributed by atoms with E-state index in [0.717, 1.165) is 0 Å². The van der Waals surface area contributed by atoms with E-state index >= 15 is 0 Å². The molecule has 0 aliphatic heterocycles. The van der Waals surface area contributed by atoms with Crippen LogP contribution in [-0.4, -0.2) is 45.1 Å². The van der Waals surface area contributed by atoms with Gasteiger partial charge in [0.1, 0.15) is 0 Å². The average molecular weight is 170 g/mol. The molecular weight excluding hydrogens is 162 g/mol. The molecule has 0 aromatic rings. The van der Waals surface area contributed by atoms with Gasteiger partial charge in [-0.3, -0.25) is 4.46 Å². The second kappa shape index (κ2) is 8.97. The van der Waals surface area contributed by atoms with Crippen molar-refractivity contribution in [2.45, 2.75) is 0 Å². The van der Waals surface area contributed by atoms with Crippen molar-refractivity contribution >= 4 is 35.5 Å². The number of rotatable bonds is 0. The average Bonchev–Trinajstić information content (AvgIpc) is 0.811. The van der Waals surface area contributed by atoms with Gasteiger partial charge in [0, 0.05) is 0 Å². The van der Waals surface area contributed by atoms with Crippen LogP contribution >= 0.6 is 0 Å².